The van der Waals surface area contributed by atoms with Gasteiger partial charge in [0, 0.05) is 27.2 Å². The normalized spacial score (nSPS) is 11.9. The van der Waals surface area contributed by atoms with Crippen molar-refractivity contribution >= 4 is 20.6 Å². The predicted octanol–water partition coefficient (Wildman–Crippen LogP) is 4.71. The highest BCUT2D eigenvalue weighted by Crippen LogP contribution is 2.38. The number of benzene rings is 2. The smallest absolute Gasteiger partial charge is 0.147 e. The molecule has 0 aliphatic rings. The predicted molar refractivity (Wildman–Crippen MR) is 129 cm³/mol. The van der Waals surface area contributed by atoms with Crippen molar-refractivity contribution in [3.05, 3.63) is 47.2 Å². The first-order chi connectivity index (χ1) is 14.7. The van der Waals surface area contributed by atoms with Crippen LogP contribution in [0.25, 0.3) is 16.7 Å². The highest BCUT2D eigenvalue weighted by molar-refractivity contribution is 6.42. The lowest BCUT2D eigenvalue weighted by Gasteiger charge is -2.23. The fourth-order valence-electron chi connectivity index (χ4n) is 3.36. The van der Waals surface area contributed by atoms with Gasteiger partial charge in [-0.05, 0) is 43.9 Å². The number of allylic oxidation sites excluding steroid dienone is 1. The van der Waals surface area contributed by atoms with Gasteiger partial charge in [-0.3, -0.25) is 0 Å². The molecule has 1 aromatic heterocycles. The van der Waals surface area contributed by atoms with E-state index in [-0.39, 0.29) is 20.7 Å². The minimum absolute atomic E-state index is 0.159. The van der Waals surface area contributed by atoms with Crippen LogP contribution in [0.3, 0.4) is 0 Å². The zero-order valence-corrected chi connectivity index (χ0v) is 20.8. The van der Waals surface area contributed by atoms with E-state index in [1.807, 2.05) is 30.3 Å². The quantitative estimate of drug-likeness (QED) is 0.406. The first kappa shape index (κ1) is 22.9. The number of phenols is 1. The van der Waals surface area contributed by atoms with Crippen LogP contribution in [-0.4, -0.2) is 43.3 Å². The number of rotatable bonds is 8. The van der Waals surface area contributed by atoms with Gasteiger partial charge in [0.25, 0.3) is 0 Å². The molecule has 1 heterocycles. The lowest BCUT2D eigenvalue weighted by molar-refractivity contribution is 0.315. The first-order valence-corrected chi connectivity index (χ1v) is 12.6. The van der Waals surface area contributed by atoms with Crippen LogP contribution >= 0.6 is 0 Å². The standard InChI is InChI=1S/C24H33N3O3Si/c1-16(2)15-31-11-7-10-30-18-12-19(24(3,4)5)23(28)22(14-18)27-25-20-9-8-17(29-6)13-21(20)26-27/h8-9,12-15,28H,7,10-11,31H2,1-6H3. The van der Waals surface area contributed by atoms with Gasteiger partial charge in [0.2, 0.25) is 0 Å². The van der Waals surface area contributed by atoms with E-state index in [4.69, 9.17) is 9.47 Å². The minimum atomic E-state index is -0.260. The Hall–Kier alpha value is -2.80. The molecule has 0 atom stereocenters. The number of aromatic hydroxyl groups is 1. The van der Waals surface area contributed by atoms with Crippen molar-refractivity contribution in [2.45, 2.75) is 52.5 Å². The summed E-state index contributed by atoms with van der Waals surface area (Å²) in [5.41, 5.74) is 6.28. The van der Waals surface area contributed by atoms with Crippen LogP contribution in [0.4, 0.5) is 0 Å². The summed E-state index contributed by atoms with van der Waals surface area (Å²) in [6.07, 6.45) is 1.03. The molecule has 0 spiro atoms. The number of hydrogen-bond donors (Lipinski definition) is 1. The van der Waals surface area contributed by atoms with Crippen LogP contribution in [-0.2, 0) is 5.41 Å². The molecule has 2 aromatic carbocycles. The van der Waals surface area contributed by atoms with Gasteiger partial charge in [0.1, 0.15) is 34.0 Å². The molecule has 3 rings (SSSR count). The lowest BCUT2D eigenvalue weighted by atomic mass is 9.86. The number of methoxy groups -OCH3 is 1. The van der Waals surface area contributed by atoms with Gasteiger partial charge in [-0.25, -0.2) is 0 Å². The summed E-state index contributed by atoms with van der Waals surface area (Å²) in [5.74, 6) is 1.61. The number of nitrogens with zero attached hydrogens (tertiary/aromatic N) is 3. The maximum absolute atomic E-state index is 11.0. The average molecular weight is 440 g/mol. The van der Waals surface area contributed by atoms with E-state index in [0.29, 0.717) is 23.6 Å². The van der Waals surface area contributed by atoms with E-state index in [0.717, 1.165) is 23.3 Å². The second-order valence-electron chi connectivity index (χ2n) is 9.06. The van der Waals surface area contributed by atoms with Crippen molar-refractivity contribution in [2.24, 2.45) is 0 Å². The highest BCUT2D eigenvalue weighted by atomic mass is 28.2. The van der Waals surface area contributed by atoms with Gasteiger partial charge in [0.05, 0.1) is 13.7 Å². The summed E-state index contributed by atoms with van der Waals surface area (Å²) >= 11 is 0. The van der Waals surface area contributed by atoms with Crippen LogP contribution in [0.2, 0.25) is 6.04 Å². The number of ether oxygens (including phenoxy) is 2. The molecule has 7 heteroatoms. The number of phenolic OH excluding ortho intramolecular Hbond substituents is 1. The lowest BCUT2D eigenvalue weighted by Crippen LogP contribution is -2.14. The van der Waals surface area contributed by atoms with Crippen LogP contribution in [0.1, 0.15) is 46.6 Å². The molecule has 0 radical (unpaired) electrons. The zero-order chi connectivity index (χ0) is 22.6. The summed E-state index contributed by atoms with van der Waals surface area (Å²) in [6.45, 7) is 11.2. The Bertz CT molecular complexity index is 1080. The molecule has 0 fully saturated rings. The summed E-state index contributed by atoms with van der Waals surface area (Å²) in [7, 11) is 1.46. The van der Waals surface area contributed by atoms with Crippen molar-refractivity contribution in [3.8, 4) is 22.9 Å². The van der Waals surface area contributed by atoms with Gasteiger partial charge < -0.3 is 14.6 Å². The molecule has 0 aliphatic heterocycles. The zero-order valence-electron chi connectivity index (χ0n) is 19.4. The fourth-order valence-corrected chi connectivity index (χ4v) is 4.63. The van der Waals surface area contributed by atoms with Crippen LogP contribution in [0, 0.1) is 0 Å². The van der Waals surface area contributed by atoms with Gasteiger partial charge in [-0.2, -0.15) is 0 Å². The van der Waals surface area contributed by atoms with Gasteiger partial charge in [-0.1, -0.05) is 32.4 Å². The summed E-state index contributed by atoms with van der Waals surface area (Å²) in [4.78, 5) is 1.48. The van der Waals surface area contributed by atoms with E-state index in [2.05, 4.69) is 50.5 Å². The molecule has 166 valence electrons. The Morgan fingerprint density at radius 3 is 2.52 bits per heavy atom. The highest BCUT2D eigenvalue weighted by Gasteiger charge is 2.24. The third-order valence-corrected chi connectivity index (χ3v) is 7.11. The van der Waals surface area contributed by atoms with Crippen molar-refractivity contribution in [1.29, 1.82) is 0 Å². The SMILES string of the molecule is COc1ccc2nn(-c3cc(OCCC[SiH2]C=C(C)C)cc(C(C)(C)C)c3O)nc2c1. The first-order valence-electron chi connectivity index (χ1n) is 10.7. The van der Waals surface area contributed by atoms with Crippen molar-refractivity contribution in [3.63, 3.8) is 0 Å². The Labute approximate surface area is 186 Å². The molecule has 0 amide bonds. The second-order valence-corrected chi connectivity index (χ2v) is 10.8. The topological polar surface area (TPSA) is 69.4 Å². The molecule has 0 bridgehead atoms. The van der Waals surface area contributed by atoms with E-state index < -0.39 is 0 Å². The molecule has 1 N–H and O–H groups in total. The third-order valence-electron chi connectivity index (χ3n) is 5.09. The molecule has 31 heavy (non-hydrogen) atoms. The van der Waals surface area contributed by atoms with E-state index >= 15 is 0 Å². The van der Waals surface area contributed by atoms with Crippen LogP contribution in [0.5, 0.6) is 17.2 Å². The third kappa shape index (κ3) is 5.67. The Morgan fingerprint density at radius 2 is 1.84 bits per heavy atom. The van der Waals surface area contributed by atoms with E-state index in [9.17, 15) is 5.11 Å². The second kappa shape index (κ2) is 9.56. The summed E-state index contributed by atoms with van der Waals surface area (Å²) in [5, 5.41) is 20.2. The maximum atomic E-state index is 11.0. The molecule has 0 aliphatic carbocycles. The molecular formula is C24H33N3O3Si. The summed E-state index contributed by atoms with van der Waals surface area (Å²) < 4.78 is 11.4. The largest absolute Gasteiger partial charge is 0.505 e. The Kier molecular flexibility index (Phi) is 7.05. The minimum Gasteiger partial charge on any atom is -0.505 e. The van der Waals surface area contributed by atoms with E-state index in [1.165, 1.54) is 16.4 Å². The van der Waals surface area contributed by atoms with Crippen LogP contribution < -0.4 is 9.47 Å². The number of fused-ring (bicyclic) bond motifs is 1. The maximum Gasteiger partial charge on any atom is 0.147 e. The van der Waals surface area contributed by atoms with Gasteiger partial charge >= 0.3 is 0 Å². The van der Waals surface area contributed by atoms with Crippen LogP contribution in [0.15, 0.2) is 41.6 Å². The van der Waals surface area contributed by atoms with E-state index in [1.54, 1.807) is 7.11 Å². The average Bonchev–Trinajstić information content (AvgIpc) is 3.13. The molecule has 3 aromatic rings. The molecule has 0 saturated carbocycles. The molecule has 0 saturated heterocycles. The number of aromatic nitrogens is 3. The fraction of sp³-hybridized carbons (Fsp3) is 0.417. The molecule has 6 nitrogen and oxygen atoms in total. The Balaban J connectivity index is 1.90. The summed E-state index contributed by atoms with van der Waals surface area (Å²) in [6, 6.07) is 10.5. The van der Waals surface area contributed by atoms with Crippen molar-refractivity contribution in [2.75, 3.05) is 13.7 Å². The van der Waals surface area contributed by atoms with Gasteiger partial charge in [-0.15, -0.1) is 20.7 Å². The Morgan fingerprint density at radius 1 is 1.10 bits per heavy atom. The molecule has 0 unspecified atom stereocenters. The molecular weight excluding hydrogens is 406 g/mol. The van der Waals surface area contributed by atoms with Crippen molar-refractivity contribution in [1.82, 2.24) is 15.0 Å². The van der Waals surface area contributed by atoms with Crippen molar-refractivity contribution < 1.29 is 14.6 Å². The monoisotopic (exact) mass is 439 g/mol. The number of hydrogen-bond acceptors (Lipinski definition) is 5. The van der Waals surface area contributed by atoms with Gasteiger partial charge in [0.15, 0.2) is 0 Å².